The van der Waals surface area contributed by atoms with E-state index in [9.17, 15) is 22.7 Å². The lowest BCUT2D eigenvalue weighted by molar-refractivity contribution is 0.0963. The van der Waals surface area contributed by atoms with E-state index in [0.717, 1.165) is 17.0 Å². The smallest absolute Gasteiger partial charge is 0.414 e. The van der Waals surface area contributed by atoms with Crippen LogP contribution in [0.15, 0.2) is 18.2 Å². The molecule has 1 aromatic rings. The van der Waals surface area contributed by atoms with Gasteiger partial charge in [-0.2, -0.15) is 10.6 Å². The van der Waals surface area contributed by atoms with Crippen LogP contribution >= 0.6 is 10.6 Å². The Hall–Kier alpha value is -1.68. The summed E-state index contributed by atoms with van der Waals surface area (Å²) in [5, 5.41) is 9.02. The lowest BCUT2D eigenvalue weighted by Crippen LogP contribution is -2.25. The molecule has 0 spiro atoms. The summed E-state index contributed by atoms with van der Waals surface area (Å²) in [5.41, 5.74) is 0.162. The number of anilines is 1. The van der Waals surface area contributed by atoms with Crippen molar-refractivity contribution in [3.8, 4) is 0 Å². The fourth-order valence-electron chi connectivity index (χ4n) is 2.77. The molecular formula is C15H17F2NO5S. The van der Waals surface area contributed by atoms with Crippen LogP contribution < -0.4 is 4.90 Å². The van der Waals surface area contributed by atoms with Crippen LogP contribution in [0.4, 0.5) is 19.3 Å². The van der Waals surface area contributed by atoms with E-state index in [2.05, 4.69) is 0 Å². The quantitative estimate of drug-likeness (QED) is 0.770. The molecule has 0 saturated carbocycles. The monoisotopic (exact) mass is 361 g/mol. The van der Waals surface area contributed by atoms with Crippen LogP contribution in [0.3, 0.4) is 0 Å². The lowest BCUT2D eigenvalue weighted by atomic mass is 10.0. The van der Waals surface area contributed by atoms with Crippen molar-refractivity contribution in [1.29, 1.82) is 0 Å². The first-order valence-corrected chi connectivity index (χ1v) is 9.20. The Morgan fingerprint density at radius 3 is 2.46 bits per heavy atom. The predicted molar refractivity (Wildman–Crippen MR) is 86.2 cm³/mol. The number of rotatable bonds is 3. The molecule has 2 aliphatic heterocycles. The highest BCUT2D eigenvalue weighted by molar-refractivity contribution is 8.24. The molecule has 1 aromatic carbocycles. The van der Waals surface area contributed by atoms with E-state index in [0.29, 0.717) is 5.57 Å². The summed E-state index contributed by atoms with van der Waals surface area (Å²) in [5.74, 6) is -1.64. The second-order valence-corrected chi connectivity index (χ2v) is 8.08. The number of aliphatic hydroxyl groups excluding tert-OH is 1. The van der Waals surface area contributed by atoms with Gasteiger partial charge in [-0.15, -0.1) is 0 Å². The van der Waals surface area contributed by atoms with Gasteiger partial charge in [-0.3, -0.25) is 14.0 Å². The number of ether oxygens (including phenoxy) is 1. The Morgan fingerprint density at radius 1 is 1.29 bits per heavy atom. The molecule has 0 bridgehead atoms. The van der Waals surface area contributed by atoms with Gasteiger partial charge in [0.2, 0.25) is 0 Å². The van der Waals surface area contributed by atoms with Crippen LogP contribution in [0, 0.1) is 11.6 Å². The first-order chi connectivity index (χ1) is 11.3. The maximum Gasteiger partial charge on any atom is 0.414 e. The number of hydrogen-bond acceptors (Lipinski definition) is 5. The maximum absolute atomic E-state index is 14.4. The minimum absolute atomic E-state index is 0.00963. The van der Waals surface area contributed by atoms with E-state index in [4.69, 9.17) is 9.84 Å². The molecule has 1 fully saturated rings. The molecule has 1 amide bonds. The van der Waals surface area contributed by atoms with Crippen LogP contribution in [0.25, 0.3) is 5.57 Å². The molecule has 24 heavy (non-hydrogen) atoms. The highest BCUT2D eigenvalue weighted by atomic mass is 32.3. The molecule has 132 valence electrons. The number of allylic oxidation sites excluding steroid dienone is 1. The van der Waals surface area contributed by atoms with E-state index in [1.807, 2.05) is 0 Å². The maximum atomic E-state index is 14.4. The van der Waals surface area contributed by atoms with Crippen LogP contribution in [0.2, 0.25) is 0 Å². The highest BCUT2D eigenvalue weighted by Gasteiger charge is 2.33. The minimum Gasteiger partial charge on any atom is -0.441 e. The molecule has 0 aromatic heterocycles. The number of carbonyl (C=O) groups excluding carboxylic acids is 1. The number of benzene rings is 1. The number of carbonyl (C=O) groups is 1. The standard InChI is InChI=1S/C15H17F2NO5S/c16-12-5-10(18-7-11(8-19)23-15(18)20)6-13(17)14(12)9-1-3-24(21,22)4-2-9/h1,5-6,11,19,21-22H,2-4,7-8H2/t11-/m1/s1. The zero-order valence-electron chi connectivity index (χ0n) is 12.6. The predicted octanol–water partition coefficient (Wildman–Crippen LogP) is 2.82. The minimum atomic E-state index is -2.70. The van der Waals surface area contributed by atoms with E-state index >= 15 is 0 Å². The Morgan fingerprint density at radius 2 is 1.96 bits per heavy atom. The largest absolute Gasteiger partial charge is 0.441 e. The summed E-state index contributed by atoms with van der Waals surface area (Å²) in [6, 6.07) is 2.07. The van der Waals surface area contributed by atoms with Gasteiger partial charge in [0.25, 0.3) is 0 Å². The lowest BCUT2D eigenvalue weighted by Gasteiger charge is -2.35. The van der Waals surface area contributed by atoms with Crippen molar-refractivity contribution in [1.82, 2.24) is 0 Å². The molecular weight excluding hydrogens is 344 g/mol. The van der Waals surface area contributed by atoms with Gasteiger partial charge in [0.05, 0.1) is 24.6 Å². The first kappa shape index (κ1) is 17.2. The number of nitrogens with zero attached hydrogens (tertiary/aromatic N) is 1. The van der Waals surface area contributed by atoms with Gasteiger partial charge in [-0.25, -0.2) is 13.6 Å². The number of cyclic esters (lactones) is 1. The summed E-state index contributed by atoms with van der Waals surface area (Å²) < 4.78 is 52.8. The summed E-state index contributed by atoms with van der Waals surface area (Å²) in [7, 11) is -2.70. The van der Waals surface area contributed by atoms with Crippen molar-refractivity contribution in [2.75, 3.05) is 29.6 Å². The third kappa shape index (κ3) is 3.25. The van der Waals surface area contributed by atoms with Gasteiger partial charge < -0.3 is 9.84 Å². The topological polar surface area (TPSA) is 90.2 Å². The normalized spacial score (nSPS) is 24.5. The third-order valence-electron chi connectivity index (χ3n) is 4.03. The molecule has 2 heterocycles. The Labute approximate surface area is 138 Å². The molecule has 2 aliphatic rings. The summed E-state index contributed by atoms with van der Waals surface area (Å²) in [4.78, 5) is 12.8. The second kappa shape index (κ2) is 6.32. The molecule has 6 nitrogen and oxygen atoms in total. The average molecular weight is 361 g/mol. The summed E-state index contributed by atoms with van der Waals surface area (Å²) >= 11 is 0. The SMILES string of the molecule is O=C1O[C@@H](CO)CN1c1cc(F)c(C2=CCS(O)(O)CC2)c(F)c1. The molecule has 9 heteroatoms. The molecule has 0 radical (unpaired) electrons. The molecule has 1 saturated heterocycles. The van der Waals surface area contributed by atoms with Gasteiger partial charge in [-0.1, -0.05) is 6.08 Å². The van der Waals surface area contributed by atoms with Crippen molar-refractivity contribution in [2.24, 2.45) is 0 Å². The van der Waals surface area contributed by atoms with E-state index in [1.165, 1.54) is 6.08 Å². The van der Waals surface area contributed by atoms with Crippen LogP contribution in [0.1, 0.15) is 12.0 Å². The Balaban J connectivity index is 1.90. The summed E-state index contributed by atoms with van der Waals surface area (Å²) in [6.45, 7) is -0.359. The van der Waals surface area contributed by atoms with Gasteiger partial charge in [0.1, 0.15) is 17.7 Å². The van der Waals surface area contributed by atoms with Crippen molar-refractivity contribution in [2.45, 2.75) is 12.5 Å². The van der Waals surface area contributed by atoms with Crippen molar-refractivity contribution in [3.63, 3.8) is 0 Å². The van der Waals surface area contributed by atoms with Crippen LogP contribution in [0.5, 0.6) is 0 Å². The van der Waals surface area contributed by atoms with Gasteiger partial charge in [0, 0.05) is 11.3 Å². The van der Waals surface area contributed by atoms with Crippen molar-refractivity contribution < 1.29 is 32.5 Å². The zero-order chi connectivity index (χ0) is 17.5. The van der Waals surface area contributed by atoms with Gasteiger partial charge >= 0.3 is 6.09 Å². The zero-order valence-corrected chi connectivity index (χ0v) is 13.4. The average Bonchev–Trinajstić information content (AvgIpc) is 2.89. The first-order valence-electron chi connectivity index (χ1n) is 7.32. The number of amides is 1. The van der Waals surface area contributed by atoms with Crippen LogP contribution in [-0.4, -0.2) is 51.1 Å². The van der Waals surface area contributed by atoms with Crippen molar-refractivity contribution in [3.05, 3.63) is 35.4 Å². The number of halogens is 2. The van der Waals surface area contributed by atoms with Gasteiger partial charge in [-0.05, 0) is 24.1 Å². The fraction of sp³-hybridized carbons (Fsp3) is 0.400. The van der Waals surface area contributed by atoms with Gasteiger partial charge in [0.15, 0.2) is 0 Å². The molecule has 1 atom stereocenters. The summed E-state index contributed by atoms with van der Waals surface area (Å²) in [6.07, 6.45) is 0.0979. The number of hydrogen-bond donors (Lipinski definition) is 3. The second-order valence-electron chi connectivity index (χ2n) is 5.74. The van der Waals surface area contributed by atoms with Crippen molar-refractivity contribution >= 4 is 27.9 Å². The van der Waals surface area contributed by atoms with E-state index < -0.39 is 34.4 Å². The Kier molecular flexibility index (Phi) is 4.52. The van der Waals surface area contributed by atoms with E-state index in [1.54, 1.807) is 0 Å². The fourth-order valence-corrected chi connectivity index (χ4v) is 3.95. The third-order valence-corrected chi connectivity index (χ3v) is 5.59. The molecule has 0 unspecified atom stereocenters. The molecule has 3 rings (SSSR count). The Bertz CT molecular complexity index is 686. The molecule has 3 N–H and O–H groups in total. The van der Waals surface area contributed by atoms with E-state index in [-0.39, 0.29) is 42.3 Å². The number of aliphatic hydroxyl groups is 1. The highest BCUT2D eigenvalue weighted by Crippen LogP contribution is 2.46. The molecule has 0 aliphatic carbocycles. The van der Waals surface area contributed by atoms with Crippen LogP contribution in [-0.2, 0) is 4.74 Å².